The number of benzene rings is 1. The number of hydrogen-bond donors (Lipinski definition) is 1. The summed E-state index contributed by atoms with van der Waals surface area (Å²) in [7, 11) is 0. The number of aromatic nitrogens is 1. The van der Waals surface area contributed by atoms with Gasteiger partial charge in [0, 0.05) is 10.6 Å². The highest BCUT2D eigenvalue weighted by atomic mass is 35.5. The van der Waals surface area contributed by atoms with Gasteiger partial charge in [-0.1, -0.05) is 35.5 Å². The molecular weight excluding hydrogens is 330 g/mol. The number of nitrogens with zero attached hydrogens (tertiary/aromatic N) is 1. The summed E-state index contributed by atoms with van der Waals surface area (Å²) in [6.07, 6.45) is 0.0280. The second kappa shape index (κ2) is 7.68. The zero-order valence-corrected chi connectivity index (χ0v) is 13.7. The minimum atomic E-state index is -0.833. The lowest BCUT2D eigenvalue weighted by molar-refractivity contribution is -0.136. The van der Waals surface area contributed by atoms with Gasteiger partial charge in [0.15, 0.2) is 4.34 Å². The molecular formula is C14H14ClNO3S2. The summed E-state index contributed by atoms with van der Waals surface area (Å²) >= 11 is 8.98. The van der Waals surface area contributed by atoms with E-state index in [1.807, 2.05) is 25.1 Å². The van der Waals surface area contributed by atoms with Crippen molar-refractivity contribution in [3.8, 4) is 5.75 Å². The van der Waals surface area contributed by atoms with Crippen molar-refractivity contribution in [1.82, 2.24) is 4.98 Å². The number of thioether (sulfide) groups is 1. The molecule has 0 saturated heterocycles. The Labute approximate surface area is 136 Å². The normalized spacial score (nSPS) is 10.6. The molecule has 1 heterocycles. The number of ether oxygens (including phenoxy) is 1. The van der Waals surface area contributed by atoms with Gasteiger partial charge in [0.2, 0.25) is 0 Å². The molecule has 1 aromatic carbocycles. The fourth-order valence-corrected chi connectivity index (χ4v) is 3.91. The van der Waals surface area contributed by atoms with Crippen molar-refractivity contribution in [2.24, 2.45) is 0 Å². The molecule has 0 atom stereocenters. The predicted molar refractivity (Wildman–Crippen MR) is 85.9 cm³/mol. The topological polar surface area (TPSA) is 59.4 Å². The third kappa shape index (κ3) is 4.91. The molecule has 0 aliphatic heterocycles. The van der Waals surface area contributed by atoms with Crippen molar-refractivity contribution >= 4 is 40.7 Å². The summed E-state index contributed by atoms with van der Waals surface area (Å²) in [4.78, 5) is 15.9. The van der Waals surface area contributed by atoms with Crippen LogP contribution in [0.5, 0.6) is 5.75 Å². The Balaban J connectivity index is 1.81. The van der Waals surface area contributed by atoms with Crippen LogP contribution in [-0.4, -0.2) is 28.4 Å². The van der Waals surface area contributed by atoms with Crippen molar-refractivity contribution in [2.45, 2.75) is 17.7 Å². The van der Waals surface area contributed by atoms with Crippen LogP contribution in [0.4, 0.5) is 0 Å². The van der Waals surface area contributed by atoms with Gasteiger partial charge in [0.25, 0.3) is 0 Å². The van der Waals surface area contributed by atoms with Crippen LogP contribution >= 0.6 is 34.7 Å². The van der Waals surface area contributed by atoms with Gasteiger partial charge in [-0.3, -0.25) is 4.79 Å². The number of aryl methyl sites for hydroxylation is 1. The Morgan fingerprint density at radius 2 is 2.24 bits per heavy atom. The van der Waals surface area contributed by atoms with Crippen molar-refractivity contribution in [3.63, 3.8) is 0 Å². The molecule has 112 valence electrons. The predicted octanol–water partition coefficient (Wildman–Crippen LogP) is 3.90. The quantitative estimate of drug-likeness (QED) is 0.610. The molecule has 2 rings (SSSR count). The van der Waals surface area contributed by atoms with Gasteiger partial charge >= 0.3 is 5.97 Å². The fraction of sp³-hybridized carbons (Fsp3) is 0.286. The van der Waals surface area contributed by atoms with Gasteiger partial charge in [0.05, 0.1) is 23.7 Å². The van der Waals surface area contributed by atoms with E-state index >= 15 is 0 Å². The summed E-state index contributed by atoms with van der Waals surface area (Å²) in [5.41, 5.74) is 0.789. The molecule has 0 fully saturated rings. The standard InChI is InChI=1S/C14H14ClNO3S2/c1-9-12(8-13(17)18)21-14(16-9)20-7-6-19-11-5-3-2-4-10(11)15/h2-5H,6-8H2,1H3,(H,17,18). The molecule has 0 saturated carbocycles. The molecule has 2 aromatic rings. The Morgan fingerprint density at radius 3 is 2.95 bits per heavy atom. The van der Waals surface area contributed by atoms with E-state index in [1.165, 1.54) is 11.3 Å². The summed E-state index contributed by atoms with van der Waals surface area (Å²) in [6.45, 7) is 2.35. The van der Waals surface area contributed by atoms with Gasteiger partial charge in [-0.05, 0) is 19.1 Å². The molecule has 0 radical (unpaired) electrons. The molecule has 21 heavy (non-hydrogen) atoms. The van der Waals surface area contributed by atoms with Gasteiger partial charge in [-0.25, -0.2) is 4.98 Å². The van der Waals surface area contributed by atoms with Crippen LogP contribution in [0.1, 0.15) is 10.6 Å². The third-order valence-corrected chi connectivity index (χ3v) is 5.16. The van der Waals surface area contributed by atoms with E-state index in [0.29, 0.717) is 17.4 Å². The van der Waals surface area contributed by atoms with Gasteiger partial charge < -0.3 is 9.84 Å². The number of hydrogen-bond acceptors (Lipinski definition) is 5. The number of carboxylic acids is 1. The maximum absolute atomic E-state index is 10.7. The molecule has 4 nitrogen and oxygen atoms in total. The summed E-state index contributed by atoms with van der Waals surface area (Å²) in [5, 5.41) is 9.40. The Hall–Kier alpha value is -1.24. The Kier molecular flexibility index (Phi) is 5.90. The summed E-state index contributed by atoms with van der Waals surface area (Å²) in [6, 6.07) is 7.33. The number of rotatable bonds is 7. The van der Waals surface area contributed by atoms with Crippen molar-refractivity contribution in [1.29, 1.82) is 0 Å². The molecule has 0 aliphatic carbocycles. The second-order valence-corrected chi connectivity index (χ2v) is 7.02. The number of carboxylic acid groups (broad SMARTS) is 1. The van der Waals surface area contributed by atoms with E-state index in [2.05, 4.69) is 4.98 Å². The van der Waals surface area contributed by atoms with E-state index in [0.717, 1.165) is 20.7 Å². The lowest BCUT2D eigenvalue weighted by Crippen LogP contribution is -2.00. The van der Waals surface area contributed by atoms with Gasteiger partial charge in [0.1, 0.15) is 5.75 Å². The number of para-hydroxylation sites is 1. The molecule has 0 amide bonds. The highest BCUT2D eigenvalue weighted by molar-refractivity contribution is 8.01. The van der Waals surface area contributed by atoms with Crippen LogP contribution in [0.15, 0.2) is 28.6 Å². The average Bonchev–Trinajstić information content (AvgIpc) is 2.76. The van der Waals surface area contributed by atoms with Crippen molar-refractivity contribution in [3.05, 3.63) is 39.9 Å². The Bertz CT molecular complexity index is 630. The molecule has 1 N–H and O–H groups in total. The van der Waals surface area contributed by atoms with Crippen LogP contribution in [0.2, 0.25) is 5.02 Å². The van der Waals surface area contributed by atoms with E-state index in [9.17, 15) is 4.79 Å². The number of halogens is 1. The van der Waals surface area contributed by atoms with E-state index in [1.54, 1.807) is 17.8 Å². The van der Waals surface area contributed by atoms with E-state index < -0.39 is 5.97 Å². The van der Waals surface area contributed by atoms with E-state index in [4.69, 9.17) is 21.4 Å². The van der Waals surface area contributed by atoms with Crippen LogP contribution in [-0.2, 0) is 11.2 Å². The summed E-state index contributed by atoms with van der Waals surface area (Å²) < 4.78 is 6.46. The maximum Gasteiger partial charge on any atom is 0.308 e. The number of thiazole rings is 1. The van der Waals surface area contributed by atoms with Crippen LogP contribution < -0.4 is 4.74 Å². The van der Waals surface area contributed by atoms with E-state index in [-0.39, 0.29) is 6.42 Å². The highest BCUT2D eigenvalue weighted by Gasteiger charge is 2.11. The van der Waals surface area contributed by atoms with Crippen LogP contribution in [0.25, 0.3) is 0 Å². The minimum absolute atomic E-state index is 0.0280. The first-order valence-electron chi connectivity index (χ1n) is 6.24. The minimum Gasteiger partial charge on any atom is -0.491 e. The average molecular weight is 344 g/mol. The lowest BCUT2D eigenvalue weighted by Gasteiger charge is -2.06. The monoisotopic (exact) mass is 343 g/mol. The van der Waals surface area contributed by atoms with Crippen molar-refractivity contribution in [2.75, 3.05) is 12.4 Å². The fourth-order valence-electron chi connectivity index (χ4n) is 1.61. The molecule has 1 aromatic heterocycles. The Morgan fingerprint density at radius 1 is 1.48 bits per heavy atom. The summed E-state index contributed by atoms with van der Waals surface area (Å²) in [5.74, 6) is 0.562. The second-order valence-electron chi connectivity index (χ2n) is 4.19. The van der Waals surface area contributed by atoms with Crippen LogP contribution in [0, 0.1) is 6.92 Å². The van der Waals surface area contributed by atoms with Crippen molar-refractivity contribution < 1.29 is 14.6 Å². The number of aliphatic carboxylic acids is 1. The van der Waals surface area contributed by atoms with Crippen LogP contribution in [0.3, 0.4) is 0 Å². The molecule has 7 heteroatoms. The zero-order valence-electron chi connectivity index (χ0n) is 11.3. The SMILES string of the molecule is Cc1nc(SCCOc2ccccc2Cl)sc1CC(=O)O. The van der Waals surface area contributed by atoms with Gasteiger partial charge in [-0.15, -0.1) is 11.3 Å². The smallest absolute Gasteiger partial charge is 0.308 e. The van der Waals surface area contributed by atoms with Gasteiger partial charge in [-0.2, -0.15) is 0 Å². The first-order valence-corrected chi connectivity index (χ1v) is 8.42. The third-order valence-electron chi connectivity index (χ3n) is 2.59. The number of carbonyl (C=O) groups is 1. The molecule has 0 bridgehead atoms. The maximum atomic E-state index is 10.7. The molecule has 0 unspecified atom stereocenters. The largest absolute Gasteiger partial charge is 0.491 e. The molecule has 0 aliphatic rings. The first-order chi connectivity index (χ1) is 10.1. The lowest BCUT2D eigenvalue weighted by atomic mass is 10.3. The first kappa shape index (κ1) is 16.1. The highest BCUT2D eigenvalue weighted by Crippen LogP contribution is 2.28. The molecule has 0 spiro atoms. The zero-order chi connectivity index (χ0) is 15.2.